The van der Waals surface area contributed by atoms with Gasteiger partial charge in [-0.25, -0.2) is 0 Å². The third-order valence-electron chi connectivity index (χ3n) is 3.10. The first-order valence-corrected chi connectivity index (χ1v) is 8.07. The quantitative estimate of drug-likeness (QED) is 0.736. The molecule has 20 heavy (non-hydrogen) atoms. The predicted molar refractivity (Wildman–Crippen MR) is 86.7 cm³/mol. The van der Waals surface area contributed by atoms with Crippen molar-refractivity contribution in [1.82, 2.24) is 5.32 Å². The maximum Gasteiger partial charge on any atom is 0.119 e. The van der Waals surface area contributed by atoms with E-state index in [1.165, 1.54) is 21.7 Å². The van der Waals surface area contributed by atoms with Crippen molar-refractivity contribution in [3.05, 3.63) is 51.7 Å². The number of benzene rings is 1. The van der Waals surface area contributed by atoms with Crippen LogP contribution in [0.15, 0.2) is 36.4 Å². The minimum atomic E-state index is 0.706. The van der Waals surface area contributed by atoms with Crippen molar-refractivity contribution in [2.45, 2.75) is 33.2 Å². The number of aryl methyl sites for hydroxylation is 2. The third kappa shape index (κ3) is 4.99. The fraction of sp³-hybridized carbons (Fsp3) is 0.412. The molecule has 2 rings (SSSR count). The van der Waals surface area contributed by atoms with E-state index in [9.17, 15) is 0 Å². The number of rotatable bonds is 8. The Hall–Kier alpha value is -1.32. The Bertz CT molecular complexity index is 504. The molecule has 0 unspecified atom stereocenters. The zero-order valence-electron chi connectivity index (χ0n) is 12.3. The minimum absolute atomic E-state index is 0.706. The van der Waals surface area contributed by atoms with Crippen LogP contribution < -0.4 is 10.1 Å². The van der Waals surface area contributed by atoms with E-state index in [2.05, 4.69) is 55.6 Å². The minimum Gasteiger partial charge on any atom is -0.492 e. The molecule has 0 saturated carbocycles. The summed E-state index contributed by atoms with van der Waals surface area (Å²) in [6.45, 7) is 6.84. The van der Waals surface area contributed by atoms with Gasteiger partial charge in [-0.05, 0) is 43.2 Å². The van der Waals surface area contributed by atoms with Crippen LogP contribution in [-0.4, -0.2) is 13.2 Å². The summed E-state index contributed by atoms with van der Waals surface area (Å²) in [6, 6.07) is 12.8. The number of nitrogens with one attached hydrogen (secondary N) is 1. The molecule has 0 bridgehead atoms. The van der Waals surface area contributed by atoms with Crippen molar-refractivity contribution in [3.63, 3.8) is 0 Å². The van der Waals surface area contributed by atoms with Crippen molar-refractivity contribution >= 4 is 11.3 Å². The summed E-state index contributed by atoms with van der Waals surface area (Å²) in [5.74, 6) is 0.957. The van der Waals surface area contributed by atoms with Crippen LogP contribution in [0.25, 0.3) is 0 Å². The fourth-order valence-electron chi connectivity index (χ4n) is 2.07. The first kappa shape index (κ1) is 15.1. The molecule has 0 radical (unpaired) electrons. The molecular formula is C17H23NOS. The van der Waals surface area contributed by atoms with Gasteiger partial charge in [0.2, 0.25) is 0 Å². The summed E-state index contributed by atoms with van der Waals surface area (Å²) in [5.41, 5.74) is 1.38. The van der Waals surface area contributed by atoms with E-state index < -0.39 is 0 Å². The molecule has 0 atom stereocenters. The second kappa shape index (κ2) is 8.08. The van der Waals surface area contributed by atoms with Crippen LogP contribution in [0, 0.1) is 6.92 Å². The Kier molecular flexibility index (Phi) is 6.09. The maximum absolute atomic E-state index is 5.72. The lowest BCUT2D eigenvalue weighted by Gasteiger charge is -2.07. The first-order valence-electron chi connectivity index (χ1n) is 7.25. The van der Waals surface area contributed by atoms with Gasteiger partial charge in [-0.3, -0.25) is 0 Å². The smallest absolute Gasteiger partial charge is 0.119 e. The molecule has 3 heteroatoms. The molecule has 0 spiro atoms. The van der Waals surface area contributed by atoms with Crippen LogP contribution in [0.3, 0.4) is 0 Å². The molecule has 0 aliphatic carbocycles. The molecule has 108 valence electrons. The van der Waals surface area contributed by atoms with Gasteiger partial charge in [0.15, 0.2) is 0 Å². The Morgan fingerprint density at radius 3 is 2.55 bits per heavy atom. The second-order valence-corrected chi connectivity index (χ2v) is 6.30. The molecule has 1 aromatic carbocycles. The monoisotopic (exact) mass is 289 g/mol. The van der Waals surface area contributed by atoms with Gasteiger partial charge >= 0.3 is 0 Å². The van der Waals surface area contributed by atoms with Crippen LogP contribution >= 0.6 is 11.3 Å². The van der Waals surface area contributed by atoms with Gasteiger partial charge in [-0.2, -0.15) is 0 Å². The zero-order chi connectivity index (χ0) is 14.2. The zero-order valence-corrected chi connectivity index (χ0v) is 13.1. The average Bonchev–Trinajstić information content (AvgIpc) is 2.86. The number of ether oxygens (including phenoxy) is 1. The van der Waals surface area contributed by atoms with Crippen LogP contribution in [0.2, 0.25) is 0 Å². The van der Waals surface area contributed by atoms with E-state index >= 15 is 0 Å². The maximum atomic E-state index is 5.72. The Labute approximate surface area is 125 Å². The lowest BCUT2D eigenvalue weighted by molar-refractivity contribution is 0.314. The third-order valence-corrected chi connectivity index (χ3v) is 4.11. The molecule has 0 fully saturated rings. The van der Waals surface area contributed by atoms with Crippen LogP contribution in [-0.2, 0) is 13.0 Å². The number of hydrogen-bond donors (Lipinski definition) is 1. The summed E-state index contributed by atoms with van der Waals surface area (Å²) in [4.78, 5) is 2.75. The molecule has 0 saturated heterocycles. The van der Waals surface area contributed by atoms with Crippen molar-refractivity contribution in [3.8, 4) is 5.75 Å². The van der Waals surface area contributed by atoms with Crippen molar-refractivity contribution in [2.75, 3.05) is 13.2 Å². The standard InChI is InChI=1S/C17H23NOS/c1-3-4-15-6-8-16(9-7-15)19-12-11-18-13-17-10-5-14(2)20-17/h5-10,18H,3-4,11-13H2,1-2H3. The van der Waals surface area contributed by atoms with E-state index in [1.807, 2.05) is 11.3 Å². The van der Waals surface area contributed by atoms with E-state index in [0.717, 1.165) is 25.3 Å². The number of hydrogen-bond acceptors (Lipinski definition) is 3. The molecule has 2 nitrogen and oxygen atoms in total. The Morgan fingerprint density at radius 2 is 1.90 bits per heavy atom. The summed E-state index contributed by atoms with van der Waals surface area (Å²) in [6.07, 6.45) is 2.33. The highest BCUT2D eigenvalue weighted by Gasteiger charge is 1.97. The van der Waals surface area contributed by atoms with Crippen LogP contribution in [0.4, 0.5) is 0 Å². The first-order chi connectivity index (χ1) is 9.78. The summed E-state index contributed by atoms with van der Waals surface area (Å²) in [5, 5.41) is 3.40. The molecule has 1 N–H and O–H groups in total. The molecular weight excluding hydrogens is 266 g/mol. The highest BCUT2D eigenvalue weighted by atomic mass is 32.1. The normalized spacial score (nSPS) is 10.7. The largest absolute Gasteiger partial charge is 0.492 e. The van der Waals surface area contributed by atoms with Gasteiger partial charge in [0, 0.05) is 22.8 Å². The van der Waals surface area contributed by atoms with Crippen LogP contribution in [0.5, 0.6) is 5.75 Å². The predicted octanol–water partition coefficient (Wildman–Crippen LogP) is 4.18. The van der Waals surface area contributed by atoms with Gasteiger partial charge in [-0.15, -0.1) is 11.3 Å². The van der Waals surface area contributed by atoms with Crippen molar-refractivity contribution in [2.24, 2.45) is 0 Å². The molecule has 0 aliphatic rings. The van der Waals surface area contributed by atoms with E-state index in [1.54, 1.807) is 0 Å². The molecule has 0 amide bonds. The Morgan fingerprint density at radius 1 is 1.10 bits per heavy atom. The van der Waals surface area contributed by atoms with Crippen LogP contribution in [0.1, 0.15) is 28.7 Å². The summed E-state index contributed by atoms with van der Waals surface area (Å²) >= 11 is 1.85. The topological polar surface area (TPSA) is 21.3 Å². The lowest BCUT2D eigenvalue weighted by Crippen LogP contribution is -2.20. The lowest BCUT2D eigenvalue weighted by atomic mass is 10.1. The molecule has 1 aromatic heterocycles. The van der Waals surface area contributed by atoms with Crippen molar-refractivity contribution in [1.29, 1.82) is 0 Å². The highest BCUT2D eigenvalue weighted by molar-refractivity contribution is 7.11. The SMILES string of the molecule is CCCc1ccc(OCCNCc2ccc(C)s2)cc1. The van der Waals surface area contributed by atoms with Gasteiger partial charge < -0.3 is 10.1 Å². The van der Waals surface area contributed by atoms with Crippen molar-refractivity contribution < 1.29 is 4.74 Å². The fourth-order valence-corrected chi connectivity index (χ4v) is 2.93. The van der Waals surface area contributed by atoms with E-state index in [4.69, 9.17) is 4.74 Å². The van der Waals surface area contributed by atoms with E-state index in [-0.39, 0.29) is 0 Å². The molecule has 1 heterocycles. The highest BCUT2D eigenvalue weighted by Crippen LogP contribution is 2.15. The van der Waals surface area contributed by atoms with Gasteiger partial charge in [0.05, 0.1) is 0 Å². The molecule has 2 aromatic rings. The summed E-state index contributed by atoms with van der Waals surface area (Å²) in [7, 11) is 0. The Balaban J connectivity index is 1.63. The average molecular weight is 289 g/mol. The second-order valence-electron chi connectivity index (χ2n) is 4.93. The van der Waals surface area contributed by atoms with Gasteiger partial charge in [0.1, 0.15) is 12.4 Å². The van der Waals surface area contributed by atoms with E-state index in [0.29, 0.717) is 6.61 Å². The number of thiophene rings is 1. The summed E-state index contributed by atoms with van der Waals surface area (Å²) < 4.78 is 5.72. The molecule has 0 aliphatic heterocycles. The van der Waals surface area contributed by atoms with Gasteiger partial charge in [-0.1, -0.05) is 25.5 Å². The van der Waals surface area contributed by atoms with Gasteiger partial charge in [0.25, 0.3) is 0 Å².